The van der Waals surface area contributed by atoms with Crippen LogP contribution in [0, 0.1) is 0 Å². The molecule has 0 spiro atoms. The van der Waals surface area contributed by atoms with Crippen molar-refractivity contribution < 1.29 is 9.47 Å². The molecule has 0 saturated heterocycles. The molecule has 0 saturated carbocycles. The maximum Gasteiger partial charge on any atom is 0.231 e. The Labute approximate surface area is 175 Å². The van der Waals surface area contributed by atoms with Crippen molar-refractivity contribution in [2.24, 2.45) is 4.99 Å². The Morgan fingerprint density at radius 3 is 2.81 bits per heavy atom. The van der Waals surface area contributed by atoms with E-state index in [1.54, 1.807) is 11.3 Å². The number of ether oxygens (including phenoxy) is 2. The maximum absolute atomic E-state index is 5.41. The van der Waals surface area contributed by atoms with Crippen molar-refractivity contribution in [3.8, 4) is 11.5 Å². The highest BCUT2D eigenvalue weighted by Gasteiger charge is 2.13. The number of guanidine groups is 1. The first kappa shape index (κ1) is 20.8. The molecule has 1 aromatic carbocycles. The lowest BCUT2D eigenvalue weighted by Crippen LogP contribution is -2.36. The van der Waals surface area contributed by atoms with E-state index in [1.807, 2.05) is 18.2 Å². The molecule has 3 rings (SSSR count). The highest BCUT2D eigenvalue weighted by molar-refractivity contribution is 14.0. The normalized spacial score (nSPS) is 12.8. The first-order valence-corrected chi connectivity index (χ1v) is 9.38. The number of thiazole rings is 1. The molecule has 2 N–H and O–H groups in total. The average Bonchev–Trinajstić information content (AvgIpc) is 3.25. The highest BCUT2D eigenvalue weighted by Crippen LogP contribution is 2.32. The number of nitrogens with zero attached hydrogens (tertiary/aromatic N) is 2. The van der Waals surface area contributed by atoms with Gasteiger partial charge in [0.15, 0.2) is 17.5 Å². The molecule has 1 aromatic heterocycles. The topological polar surface area (TPSA) is 67.8 Å². The number of nitrogens with one attached hydrogen (secondary N) is 2. The minimum Gasteiger partial charge on any atom is -0.454 e. The number of hydrogen-bond acceptors (Lipinski definition) is 5. The molecule has 8 heteroatoms. The molecule has 0 bridgehead atoms. The van der Waals surface area contributed by atoms with Crippen molar-refractivity contribution in [1.29, 1.82) is 0 Å². The predicted octanol–water partition coefficient (Wildman–Crippen LogP) is 3.87. The van der Waals surface area contributed by atoms with E-state index in [4.69, 9.17) is 9.47 Å². The fourth-order valence-electron chi connectivity index (χ4n) is 2.38. The molecule has 0 unspecified atom stereocenters. The summed E-state index contributed by atoms with van der Waals surface area (Å²) in [6.45, 7) is 8.70. The Morgan fingerprint density at radius 2 is 2.08 bits per heavy atom. The number of benzene rings is 1. The van der Waals surface area contributed by atoms with Crippen LogP contribution in [0.25, 0.3) is 0 Å². The van der Waals surface area contributed by atoms with Gasteiger partial charge in [-0.3, -0.25) is 0 Å². The van der Waals surface area contributed by atoms with Gasteiger partial charge in [0.05, 0.1) is 18.8 Å². The molecule has 0 aliphatic carbocycles. The van der Waals surface area contributed by atoms with Gasteiger partial charge < -0.3 is 20.1 Å². The third-order valence-electron chi connectivity index (χ3n) is 3.77. The second-order valence-corrected chi connectivity index (χ2v) is 7.00. The van der Waals surface area contributed by atoms with Crippen molar-refractivity contribution in [1.82, 2.24) is 15.6 Å². The summed E-state index contributed by atoms with van der Waals surface area (Å²) in [5, 5.41) is 9.80. The van der Waals surface area contributed by atoms with Crippen LogP contribution in [-0.2, 0) is 13.1 Å². The fraction of sp³-hybridized carbons (Fsp3) is 0.444. The van der Waals surface area contributed by atoms with Crippen LogP contribution >= 0.6 is 35.3 Å². The lowest BCUT2D eigenvalue weighted by Gasteiger charge is -2.10. The zero-order chi connectivity index (χ0) is 17.6. The van der Waals surface area contributed by atoms with Crippen LogP contribution in [0.3, 0.4) is 0 Å². The number of halogens is 1. The Hall–Kier alpha value is -1.55. The number of fused-ring (bicyclic) bond motifs is 1. The smallest absolute Gasteiger partial charge is 0.231 e. The summed E-state index contributed by atoms with van der Waals surface area (Å²) in [6.07, 6.45) is 0. The van der Waals surface area contributed by atoms with Gasteiger partial charge in [-0.1, -0.05) is 19.9 Å². The minimum absolute atomic E-state index is 0. The second kappa shape index (κ2) is 9.96. The maximum atomic E-state index is 5.41. The van der Waals surface area contributed by atoms with Gasteiger partial charge in [-0.05, 0) is 30.5 Å². The average molecular weight is 488 g/mol. The van der Waals surface area contributed by atoms with Crippen LogP contribution in [0.15, 0.2) is 28.6 Å². The second-order valence-electron chi connectivity index (χ2n) is 6.06. The summed E-state index contributed by atoms with van der Waals surface area (Å²) in [4.78, 5) is 9.28. The summed E-state index contributed by atoms with van der Waals surface area (Å²) in [7, 11) is 0. The number of rotatable bonds is 6. The van der Waals surface area contributed by atoms with Crippen LogP contribution < -0.4 is 20.1 Å². The Bertz CT molecular complexity index is 749. The van der Waals surface area contributed by atoms with Gasteiger partial charge in [0.1, 0.15) is 5.01 Å². The van der Waals surface area contributed by atoms with Crippen LogP contribution in [0.4, 0.5) is 0 Å². The molecule has 6 nitrogen and oxygen atoms in total. The molecule has 142 valence electrons. The quantitative estimate of drug-likeness (QED) is 0.367. The SMILES string of the molecule is CCNC(=NCc1ccc2c(c1)OCO2)NCc1nc(C(C)C)cs1.I. The van der Waals surface area contributed by atoms with Gasteiger partial charge in [0, 0.05) is 11.9 Å². The summed E-state index contributed by atoms with van der Waals surface area (Å²) < 4.78 is 10.7. The van der Waals surface area contributed by atoms with Gasteiger partial charge >= 0.3 is 0 Å². The summed E-state index contributed by atoms with van der Waals surface area (Å²) in [5.41, 5.74) is 2.22. The first-order valence-electron chi connectivity index (χ1n) is 8.50. The molecule has 26 heavy (non-hydrogen) atoms. The van der Waals surface area contributed by atoms with Gasteiger partial charge in [-0.15, -0.1) is 35.3 Å². The van der Waals surface area contributed by atoms with E-state index in [0.717, 1.165) is 40.3 Å². The zero-order valence-corrected chi connectivity index (χ0v) is 18.4. The van der Waals surface area contributed by atoms with Crippen molar-refractivity contribution in [2.45, 2.75) is 39.8 Å². The number of aliphatic imine (C=N–C) groups is 1. The van der Waals surface area contributed by atoms with E-state index in [9.17, 15) is 0 Å². The molecule has 0 fully saturated rings. The van der Waals surface area contributed by atoms with Crippen molar-refractivity contribution in [3.05, 3.63) is 39.8 Å². The first-order chi connectivity index (χ1) is 12.2. The molecule has 0 amide bonds. The molecule has 0 radical (unpaired) electrons. The lowest BCUT2D eigenvalue weighted by atomic mass is 10.2. The predicted molar refractivity (Wildman–Crippen MR) is 116 cm³/mol. The number of aromatic nitrogens is 1. The van der Waals surface area contributed by atoms with Crippen LogP contribution in [0.2, 0.25) is 0 Å². The Kier molecular flexibility index (Phi) is 7.95. The molecule has 1 aliphatic rings. The van der Waals surface area contributed by atoms with Gasteiger partial charge in [-0.25, -0.2) is 9.98 Å². The standard InChI is InChI=1S/C18H24N4O2S.HI/c1-4-19-18(21-9-17-22-14(10-25-17)12(2)3)20-8-13-5-6-15-16(7-13)24-11-23-15;/h5-7,10,12H,4,8-9,11H2,1-3H3,(H2,19,20,21);1H. The van der Waals surface area contributed by atoms with Crippen LogP contribution in [-0.4, -0.2) is 24.3 Å². The molecular formula is C18H25IN4O2S. The third-order valence-corrected chi connectivity index (χ3v) is 4.64. The zero-order valence-electron chi connectivity index (χ0n) is 15.2. The van der Waals surface area contributed by atoms with E-state index in [1.165, 1.54) is 0 Å². The summed E-state index contributed by atoms with van der Waals surface area (Å²) in [6, 6.07) is 5.91. The fourth-order valence-corrected chi connectivity index (χ4v) is 3.28. The largest absolute Gasteiger partial charge is 0.454 e. The van der Waals surface area contributed by atoms with E-state index < -0.39 is 0 Å². The van der Waals surface area contributed by atoms with Crippen LogP contribution in [0.5, 0.6) is 11.5 Å². The molecule has 2 heterocycles. The lowest BCUT2D eigenvalue weighted by molar-refractivity contribution is 0.174. The van der Waals surface area contributed by atoms with Crippen molar-refractivity contribution in [3.63, 3.8) is 0 Å². The summed E-state index contributed by atoms with van der Waals surface area (Å²) >= 11 is 1.68. The third kappa shape index (κ3) is 5.47. The molecule has 0 atom stereocenters. The van der Waals surface area contributed by atoms with E-state index in [-0.39, 0.29) is 24.0 Å². The van der Waals surface area contributed by atoms with E-state index >= 15 is 0 Å². The van der Waals surface area contributed by atoms with E-state index in [0.29, 0.717) is 25.8 Å². The highest BCUT2D eigenvalue weighted by atomic mass is 127. The molecule has 2 aromatic rings. The van der Waals surface area contributed by atoms with Crippen molar-refractivity contribution >= 4 is 41.3 Å². The molecule has 1 aliphatic heterocycles. The van der Waals surface area contributed by atoms with Gasteiger partial charge in [0.2, 0.25) is 6.79 Å². The van der Waals surface area contributed by atoms with Crippen LogP contribution in [0.1, 0.15) is 43.0 Å². The monoisotopic (exact) mass is 488 g/mol. The van der Waals surface area contributed by atoms with Gasteiger partial charge in [0.25, 0.3) is 0 Å². The van der Waals surface area contributed by atoms with E-state index in [2.05, 4.69) is 46.8 Å². The van der Waals surface area contributed by atoms with Crippen molar-refractivity contribution in [2.75, 3.05) is 13.3 Å². The Balaban J connectivity index is 0.00000243. The Morgan fingerprint density at radius 1 is 1.27 bits per heavy atom. The minimum atomic E-state index is 0. The molecular weight excluding hydrogens is 463 g/mol. The summed E-state index contributed by atoms with van der Waals surface area (Å²) in [5.74, 6) is 2.82. The number of hydrogen-bond donors (Lipinski definition) is 2. The van der Waals surface area contributed by atoms with Gasteiger partial charge in [-0.2, -0.15) is 0 Å².